The van der Waals surface area contributed by atoms with Crippen LogP contribution in [0.5, 0.6) is 5.75 Å². The van der Waals surface area contributed by atoms with Gasteiger partial charge in [-0.2, -0.15) is 0 Å². The Balaban J connectivity index is 1.80. The van der Waals surface area contributed by atoms with E-state index in [9.17, 15) is 14.7 Å². The van der Waals surface area contributed by atoms with Crippen molar-refractivity contribution in [3.05, 3.63) is 70.3 Å². The number of benzene rings is 2. The minimum atomic E-state index is -0.632. The van der Waals surface area contributed by atoms with Crippen LogP contribution in [0.3, 0.4) is 0 Å². The topological polar surface area (TPSA) is 70.1 Å². The largest absolute Gasteiger partial charge is 0.507 e. The smallest absolute Gasteiger partial charge is 0.295 e. The maximum Gasteiger partial charge on any atom is 0.295 e. The first kappa shape index (κ1) is 21.1. The number of ketones is 1. The summed E-state index contributed by atoms with van der Waals surface area (Å²) in [6.45, 7) is 3.81. The van der Waals surface area contributed by atoms with Gasteiger partial charge in [-0.05, 0) is 68.9 Å². The number of hydrogen-bond acceptors (Lipinski definition) is 5. The number of hydrogen-bond donors (Lipinski definition) is 1. The second kappa shape index (κ2) is 8.55. The molecular weight excluding hydrogens is 392 g/mol. The molecule has 2 aromatic carbocycles. The minimum Gasteiger partial charge on any atom is -0.507 e. The quantitative estimate of drug-likeness (QED) is 0.441. The second-order valence-corrected chi connectivity index (χ2v) is 8.43. The van der Waals surface area contributed by atoms with Gasteiger partial charge in [-0.15, -0.1) is 0 Å². The molecule has 2 heterocycles. The van der Waals surface area contributed by atoms with Gasteiger partial charge in [-0.1, -0.05) is 24.3 Å². The van der Waals surface area contributed by atoms with E-state index in [1.54, 1.807) is 11.0 Å². The standard InChI is InChI=1S/C25H28N2O4/c1-16-7-4-5-8-19(16)22-21(24(29)25(30)27(22)13-6-12-26(2)3)23(28)18-9-10-20-17(15-18)11-14-31-20/h4-5,7-10,15,22,28H,6,11-14H2,1-3H3/b23-21+. The van der Waals surface area contributed by atoms with E-state index >= 15 is 0 Å². The Morgan fingerprint density at radius 1 is 1.19 bits per heavy atom. The molecule has 1 amide bonds. The summed E-state index contributed by atoms with van der Waals surface area (Å²) in [5.41, 5.74) is 3.52. The molecular formula is C25H28N2O4. The summed E-state index contributed by atoms with van der Waals surface area (Å²) in [5, 5.41) is 11.2. The van der Waals surface area contributed by atoms with Gasteiger partial charge in [-0.25, -0.2) is 0 Å². The number of aliphatic hydroxyl groups excluding tert-OH is 1. The number of ether oxygens (including phenoxy) is 1. The normalized spacial score (nSPS) is 19.7. The monoisotopic (exact) mass is 420 g/mol. The van der Waals surface area contributed by atoms with E-state index in [0.29, 0.717) is 18.7 Å². The van der Waals surface area contributed by atoms with Crippen molar-refractivity contribution in [3.8, 4) is 5.75 Å². The van der Waals surface area contributed by atoms with E-state index in [2.05, 4.69) is 0 Å². The Hall–Kier alpha value is -3.12. The molecule has 2 aliphatic heterocycles. The third-order valence-electron chi connectivity index (χ3n) is 5.99. The Kier molecular flexibility index (Phi) is 5.83. The zero-order valence-electron chi connectivity index (χ0n) is 18.2. The zero-order chi connectivity index (χ0) is 22.1. The Morgan fingerprint density at radius 2 is 1.97 bits per heavy atom. The van der Waals surface area contributed by atoms with Crippen molar-refractivity contribution in [2.75, 3.05) is 33.8 Å². The molecule has 4 rings (SSSR count). The Morgan fingerprint density at radius 3 is 2.71 bits per heavy atom. The van der Waals surface area contributed by atoms with Gasteiger partial charge in [0.15, 0.2) is 0 Å². The van der Waals surface area contributed by atoms with Gasteiger partial charge in [0.2, 0.25) is 0 Å². The molecule has 0 saturated carbocycles. The predicted molar refractivity (Wildman–Crippen MR) is 119 cm³/mol. The first-order chi connectivity index (χ1) is 14.9. The average Bonchev–Trinajstić information content (AvgIpc) is 3.31. The van der Waals surface area contributed by atoms with E-state index in [-0.39, 0.29) is 11.3 Å². The Labute approximate surface area is 182 Å². The van der Waals surface area contributed by atoms with E-state index < -0.39 is 17.7 Å². The van der Waals surface area contributed by atoms with Crippen molar-refractivity contribution in [1.82, 2.24) is 9.80 Å². The fraction of sp³-hybridized carbons (Fsp3) is 0.360. The molecule has 31 heavy (non-hydrogen) atoms. The zero-order valence-corrected chi connectivity index (χ0v) is 18.2. The van der Waals surface area contributed by atoms with Crippen molar-refractivity contribution >= 4 is 17.4 Å². The highest BCUT2D eigenvalue weighted by atomic mass is 16.5. The van der Waals surface area contributed by atoms with E-state index in [1.807, 2.05) is 62.3 Å². The molecule has 6 nitrogen and oxygen atoms in total. The molecule has 162 valence electrons. The number of Topliss-reactive ketones (excluding diaryl/α,β-unsaturated/α-hetero) is 1. The van der Waals surface area contributed by atoms with Crippen LogP contribution in [0.1, 0.15) is 34.7 Å². The molecule has 1 N–H and O–H groups in total. The van der Waals surface area contributed by atoms with Crippen molar-refractivity contribution in [2.24, 2.45) is 0 Å². The number of nitrogens with zero attached hydrogens (tertiary/aromatic N) is 2. The maximum atomic E-state index is 13.1. The summed E-state index contributed by atoms with van der Waals surface area (Å²) in [4.78, 5) is 29.8. The van der Waals surface area contributed by atoms with Crippen LogP contribution in [0.2, 0.25) is 0 Å². The van der Waals surface area contributed by atoms with Crippen LogP contribution >= 0.6 is 0 Å². The number of carbonyl (C=O) groups is 2. The van der Waals surface area contributed by atoms with Gasteiger partial charge >= 0.3 is 0 Å². The highest BCUT2D eigenvalue weighted by molar-refractivity contribution is 6.46. The van der Waals surface area contributed by atoms with Gasteiger partial charge in [-0.3, -0.25) is 9.59 Å². The minimum absolute atomic E-state index is 0.128. The number of aryl methyl sites for hydroxylation is 1. The SMILES string of the molecule is Cc1ccccc1C1/C(=C(\O)c2ccc3c(c2)CCO3)C(=O)C(=O)N1CCCN(C)C. The number of likely N-dealkylation sites (tertiary alicyclic amines) is 1. The molecule has 0 aliphatic carbocycles. The lowest BCUT2D eigenvalue weighted by molar-refractivity contribution is -0.139. The van der Waals surface area contributed by atoms with E-state index in [1.165, 1.54) is 0 Å². The van der Waals surface area contributed by atoms with Gasteiger partial charge in [0.1, 0.15) is 11.5 Å². The van der Waals surface area contributed by atoms with Crippen LogP contribution in [0.15, 0.2) is 48.0 Å². The Bertz CT molecular complexity index is 1060. The molecule has 0 radical (unpaired) electrons. The molecule has 0 bridgehead atoms. The second-order valence-electron chi connectivity index (χ2n) is 8.43. The molecule has 1 saturated heterocycles. The first-order valence-electron chi connectivity index (χ1n) is 10.6. The lowest BCUT2D eigenvalue weighted by atomic mass is 9.92. The van der Waals surface area contributed by atoms with Crippen molar-refractivity contribution in [3.63, 3.8) is 0 Å². The molecule has 0 spiro atoms. The lowest BCUT2D eigenvalue weighted by Crippen LogP contribution is -2.32. The van der Waals surface area contributed by atoms with Crippen molar-refractivity contribution in [1.29, 1.82) is 0 Å². The van der Waals surface area contributed by atoms with Crippen LogP contribution < -0.4 is 4.74 Å². The summed E-state index contributed by atoms with van der Waals surface area (Å²) in [5.74, 6) is -0.516. The molecule has 1 fully saturated rings. The fourth-order valence-corrected chi connectivity index (χ4v) is 4.37. The first-order valence-corrected chi connectivity index (χ1v) is 10.6. The molecule has 2 aliphatic rings. The molecule has 1 atom stereocenters. The average molecular weight is 421 g/mol. The number of amides is 1. The maximum absolute atomic E-state index is 13.1. The summed E-state index contributed by atoms with van der Waals surface area (Å²) in [6.07, 6.45) is 1.50. The molecule has 6 heteroatoms. The highest BCUT2D eigenvalue weighted by Crippen LogP contribution is 2.41. The summed E-state index contributed by atoms with van der Waals surface area (Å²) in [6, 6.07) is 12.5. The number of fused-ring (bicyclic) bond motifs is 1. The lowest BCUT2D eigenvalue weighted by Gasteiger charge is -2.27. The van der Waals surface area contributed by atoms with Crippen LogP contribution in [-0.2, 0) is 16.0 Å². The summed E-state index contributed by atoms with van der Waals surface area (Å²) in [7, 11) is 3.95. The molecule has 0 aromatic heterocycles. The van der Waals surface area contributed by atoms with Crippen molar-refractivity contribution in [2.45, 2.75) is 25.8 Å². The van der Waals surface area contributed by atoms with E-state index in [4.69, 9.17) is 4.74 Å². The van der Waals surface area contributed by atoms with Gasteiger partial charge in [0.25, 0.3) is 11.7 Å². The van der Waals surface area contributed by atoms with Crippen LogP contribution in [0.4, 0.5) is 0 Å². The van der Waals surface area contributed by atoms with Crippen molar-refractivity contribution < 1.29 is 19.4 Å². The number of carbonyl (C=O) groups excluding carboxylic acids is 2. The third-order valence-corrected chi connectivity index (χ3v) is 5.99. The highest BCUT2D eigenvalue weighted by Gasteiger charge is 2.46. The fourth-order valence-electron chi connectivity index (χ4n) is 4.37. The summed E-state index contributed by atoms with van der Waals surface area (Å²) < 4.78 is 5.55. The molecule has 1 unspecified atom stereocenters. The molecule has 2 aromatic rings. The van der Waals surface area contributed by atoms with Gasteiger partial charge < -0.3 is 19.6 Å². The third kappa shape index (κ3) is 3.95. The number of rotatable bonds is 6. The van der Waals surface area contributed by atoms with Gasteiger partial charge in [0, 0.05) is 18.5 Å². The predicted octanol–water partition coefficient (Wildman–Crippen LogP) is 3.30. The number of aliphatic hydroxyl groups is 1. The van der Waals surface area contributed by atoms with Gasteiger partial charge in [0.05, 0.1) is 18.2 Å². The summed E-state index contributed by atoms with van der Waals surface area (Å²) >= 11 is 0. The van der Waals surface area contributed by atoms with Crippen LogP contribution in [-0.4, -0.2) is 60.4 Å². The van der Waals surface area contributed by atoms with E-state index in [0.717, 1.165) is 41.8 Å². The van der Waals surface area contributed by atoms with Crippen LogP contribution in [0, 0.1) is 6.92 Å². The van der Waals surface area contributed by atoms with Crippen LogP contribution in [0.25, 0.3) is 5.76 Å².